The highest BCUT2D eigenvalue weighted by atomic mass is 32.2. The van der Waals surface area contributed by atoms with Gasteiger partial charge in [-0.2, -0.15) is 0 Å². The van der Waals surface area contributed by atoms with Crippen molar-refractivity contribution >= 4 is 34.3 Å². The highest BCUT2D eigenvalue weighted by molar-refractivity contribution is 8.01. The molecule has 3 rings (SSSR count). The van der Waals surface area contributed by atoms with E-state index in [9.17, 15) is 9.90 Å². The molecule has 2 heterocycles. The number of hydrogen-bond acceptors (Lipinski definition) is 4. The Kier molecular flexibility index (Phi) is 2.68. The summed E-state index contributed by atoms with van der Waals surface area (Å²) in [6.45, 7) is 0. The minimum absolute atomic E-state index is 0.120. The van der Waals surface area contributed by atoms with Crippen LogP contribution in [0.15, 0.2) is 24.3 Å². The maximum absolute atomic E-state index is 11.5. The number of aromatic amines is 1. The van der Waals surface area contributed by atoms with Gasteiger partial charge < -0.3 is 21.1 Å². The van der Waals surface area contributed by atoms with Gasteiger partial charge in [0.05, 0.1) is 5.25 Å². The number of thioether (sulfide) groups is 1. The maximum Gasteiger partial charge on any atom is 0.236 e. The van der Waals surface area contributed by atoms with Crippen molar-refractivity contribution < 1.29 is 9.90 Å². The number of hydrogen-bond donors (Lipinski definition) is 4. The Labute approximate surface area is 108 Å². The molecule has 0 saturated carbocycles. The third kappa shape index (κ3) is 2.04. The predicted octanol–water partition coefficient (Wildman–Crippen LogP) is 0.800. The molecular formula is C12H13N3O2S. The molecule has 94 valence electrons. The van der Waals surface area contributed by atoms with Crippen LogP contribution in [0.3, 0.4) is 0 Å². The third-order valence-corrected chi connectivity index (χ3v) is 4.04. The van der Waals surface area contributed by atoms with Gasteiger partial charge in [0.25, 0.3) is 0 Å². The van der Waals surface area contributed by atoms with E-state index in [2.05, 4.69) is 10.3 Å². The molecule has 0 bridgehead atoms. The molecule has 5 nitrogen and oxygen atoms in total. The van der Waals surface area contributed by atoms with Crippen LogP contribution in [0, 0.1) is 0 Å². The summed E-state index contributed by atoms with van der Waals surface area (Å²) in [5.41, 5.74) is 7.57. The molecule has 1 aliphatic rings. The molecule has 5 N–H and O–H groups in total. The highest BCUT2D eigenvalue weighted by Gasteiger charge is 2.31. The summed E-state index contributed by atoms with van der Waals surface area (Å²) in [6, 6.07) is 7.67. The van der Waals surface area contributed by atoms with Crippen LogP contribution in [-0.4, -0.2) is 26.8 Å². The average molecular weight is 263 g/mol. The standard InChI is InChI=1S/C12H13N3O2S/c13-7-2-1-6-3-8(14-9(6)4-7)5-10-11(16)15-12(17)18-10/h1-4,10,12,14,17H,5,13H2,(H,15,16). The molecule has 18 heavy (non-hydrogen) atoms. The number of benzene rings is 1. The second-order valence-corrected chi connectivity index (χ2v) is 5.62. The van der Waals surface area contributed by atoms with Crippen molar-refractivity contribution in [2.24, 2.45) is 0 Å². The zero-order valence-corrected chi connectivity index (χ0v) is 10.3. The van der Waals surface area contributed by atoms with Gasteiger partial charge >= 0.3 is 0 Å². The molecule has 1 saturated heterocycles. The molecular weight excluding hydrogens is 250 g/mol. The molecule has 0 spiro atoms. The van der Waals surface area contributed by atoms with Crippen LogP contribution in [0.5, 0.6) is 0 Å². The Bertz CT molecular complexity index is 610. The Morgan fingerprint density at radius 2 is 2.22 bits per heavy atom. The van der Waals surface area contributed by atoms with Gasteiger partial charge in [-0.15, -0.1) is 0 Å². The number of aliphatic hydroxyl groups excluding tert-OH is 1. The first-order valence-electron chi connectivity index (χ1n) is 5.63. The summed E-state index contributed by atoms with van der Waals surface area (Å²) >= 11 is 1.23. The quantitative estimate of drug-likeness (QED) is 0.603. The van der Waals surface area contributed by atoms with Crippen molar-refractivity contribution in [3.8, 4) is 0 Å². The van der Waals surface area contributed by atoms with Gasteiger partial charge in [0.2, 0.25) is 5.91 Å². The Morgan fingerprint density at radius 3 is 2.94 bits per heavy atom. The lowest BCUT2D eigenvalue weighted by atomic mass is 10.2. The first-order chi connectivity index (χ1) is 8.61. The van der Waals surface area contributed by atoms with Crippen molar-refractivity contribution in [2.75, 3.05) is 5.73 Å². The number of anilines is 1. The largest absolute Gasteiger partial charge is 0.399 e. The second-order valence-electron chi connectivity index (χ2n) is 4.33. The summed E-state index contributed by atoms with van der Waals surface area (Å²) in [5.74, 6) is -0.120. The lowest BCUT2D eigenvalue weighted by Crippen LogP contribution is -2.27. The number of aromatic nitrogens is 1. The number of H-pyrrole nitrogens is 1. The number of nitrogens with one attached hydrogen (secondary N) is 2. The van der Waals surface area contributed by atoms with E-state index in [4.69, 9.17) is 5.73 Å². The molecule has 1 amide bonds. The molecule has 1 aromatic heterocycles. The highest BCUT2D eigenvalue weighted by Crippen LogP contribution is 2.26. The Morgan fingerprint density at radius 1 is 1.39 bits per heavy atom. The number of amides is 1. The maximum atomic E-state index is 11.5. The fraction of sp³-hybridized carbons (Fsp3) is 0.250. The van der Waals surface area contributed by atoms with Crippen LogP contribution in [0.1, 0.15) is 5.69 Å². The lowest BCUT2D eigenvalue weighted by molar-refractivity contribution is -0.121. The van der Waals surface area contributed by atoms with Gasteiger partial charge in [-0.1, -0.05) is 17.8 Å². The molecule has 0 aliphatic carbocycles. The van der Waals surface area contributed by atoms with E-state index in [-0.39, 0.29) is 11.2 Å². The summed E-state index contributed by atoms with van der Waals surface area (Å²) in [4.78, 5) is 14.8. The number of carbonyl (C=O) groups is 1. The van der Waals surface area contributed by atoms with Crippen molar-refractivity contribution in [1.82, 2.24) is 10.3 Å². The molecule has 0 radical (unpaired) electrons. The first-order valence-corrected chi connectivity index (χ1v) is 6.57. The average Bonchev–Trinajstić information content (AvgIpc) is 2.82. The van der Waals surface area contributed by atoms with E-state index >= 15 is 0 Å². The van der Waals surface area contributed by atoms with Crippen LogP contribution in [0.2, 0.25) is 0 Å². The van der Waals surface area contributed by atoms with E-state index in [0.29, 0.717) is 12.1 Å². The van der Waals surface area contributed by atoms with E-state index < -0.39 is 5.56 Å². The minimum Gasteiger partial charge on any atom is -0.399 e. The van der Waals surface area contributed by atoms with Crippen LogP contribution in [0.25, 0.3) is 10.9 Å². The number of nitrogen functional groups attached to an aromatic ring is 1. The number of nitrogens with two attached hydrogens (primary N) is 1. The summed E-state index contributed by atoms with van der Waals surface area (Å²) in [5, 5.41) is 12.6. The van der Waals surface area contributed by atoms with E-state index in [1.807, 2.05) is 24.3 Å². The Hall–Kier alpha value is -1.66. The summed E-state index contributed by atoms with van der Waals surface area (Å²) < 4.78 is 0. The van der Waals surface area contributed by atoms with Crippen LogP contribution in [0.4, 0.5) is 5.69 Å². The molecule has 6 heteroatoms. The van der Waals surface area contributed by atoms with E-state index in [1.165, 1.54) is 11.8 Å². The number of aliphatic hydroxyl groups is 1. The molecule has 2 unspecified atom stereocenters. The van der Waals surface area contributed by atoms with Gasteiger partial charge in [-0.3, -0.25) is 4.79 Å². The minimum atomic E-state index is -0.789. The van der Waals surface area contributed by atoms with Gasteiger partial charge in [0.1, 0.15) is 0 Å². The van der Waals surface area contributed by atoms with Crippen LogP contribution < -0.4 is 11.1 Å². The molecule has 1 fully saturated rings. The summed E-state index contributed by atoms with van der Waals surface area (Å²) in [7, 11) is 0. The molecule has 2 atom stereocenters. The van der Waals surface area contributed by atoms with E-state index in [1.54, 1.807) is 0 Å². The van der Waals surface area contributed by atoms with Crippen molar-refractivity contribution in [2.45, 2.75) is 17.2 Å². The first kappa shape index (κ1) is 11.4. The predicted molar refractivity (Wildman–Crippen MR) is 71.9 cm³/mol. The van der Waals surface area contributed by atoms with Gasteiger partial charge in [-0.25, -0.2) is 0 Å². The SMILES string of the molecule is Nc1ccc2cc(CC3SC(O)NC3=O)[nH]c2c1. The van der Waals surface area contributed by atoms with Crippen molar-refractivity contribution in [3.63, 3.8) is 0 Å². The molecule has 1 aromatic carbocycles. The monoisotopic (exact) mass is 263 g/mol. The smallest absolute Gasteiger partial charge is 0.236 e. The lowest BCUT2D eigenvalue weighted by Gasteiger charge is -2.03. The number of carbonyl (C=O) groups excluding carboxylic acids is 1. The normalized spacial score (nSPS) is 23.5. The zero-order valence-electron chi connectivity index (χ0n) is 9.51. The van der Waals surface area contributed by atoms with Gasteiger partial charge in [0.15, 0.2) is 5.56 Å². The van der Waals surface area contributed by atoms with Gasteiger partial charge in [-0.05, 0) is 23.6 Å². The third-order valence-electron chi connectivity index (χ3n) is 2.96. The topological polar surface area (TPSA) is 91.1 Å². The number of fused-ring (bicyclic) bond motifs is 1. The zero-order chi connectivity index (χ0) is 12.7. The fourth-order valence-electron chi connectivity index (χ4n) is 2.12. The van der Waals surface area contributed by atoms with Crippen molar-refractivity contribution in [3.05, 3.63) is 30.0 Å². The van der Waals surface area contributed by atoms with Crippen LogP contribution >= 0.6 is 11.8 Å². The van der Waals surface area contributed by atoms with Gasteiger partial charge in [0, 0.05) is 23.3 Å². The van der Waals surface area contributed by atoms with Crippen molar-refractivity contribution in [1.29, 1.82) is 0 Å². The number of rotatable bonds is 2. The second kappa shape index (κ2) is 4.22. The van der Waals surface area contributed by atoms with E-state index in [0.717, 1.165) is 16.6 Å². The molecule has 1 aliphatic heterocycles. The fourth-order valence-corrected chi connectivity index (χ4v) is 3.08. The van der Waals surface area contributed by atoms with Crippen LogP contribution in [-0.2, 0) is 11.2 Å². The summed E-state index contributed by atoms with van der Waals surface area (Å²) in [6.07, 6.45) is 0.572. The Balaban J connectivity index is 1.85. The molecule has 2 aromatic rings.